The topological polar surface area (TPSA) is 112 Å². The third kappa shape index (κ3) is 5.38. The summed E-state index contributed by atoms with van der Waals surface area (Å²) in [7, 11) is -9.89. The van der Waals surface area contributed by atoms with Gasteiger partial charge in [0.1, 0.15) is 0 Å². The van der Waals surface area contributed by atoms with E-state index >= 15 is 0 Å². The van der Waals surface area contributed by atoms with Gasteiger partial charge in [-0.2, -0.15) is 16.9 Å². The molecule has 2 heterocycles. The van der Waals surface area contributed by atoms with Crippen LogP contribution in [0.2, 0.25) is 0 Å². The number of carbonyl (C=O) groups is 2. The molecule has 14 heteroatoms. The fourth-order valence-corrected chi connectivity index (χ4v) is 10.4. The summed E-state index contributed by atoms with van der Waals surface area (Å²) in [6, 6.07) is 10.5. The van der Waals surface area contributed by atoms with Crippen molar-refractivity contribution in [1.82, 2.24) is 0 Å². The average Bonchev–Trinajstić information content (AvgIpc) is 3.93. The van der Waals surface area contributed by atoms with E-state index in [1.54, 1.807) is 9.80 Å². The third-order valence-electron chi connectivity index (χ3n) is 9.30. The normalized spacial score (nSPS) is 21.0. The van der Waals surface area contributed by atoms with Crippen LogP contribution < -0.4 is 13.5 Å². The molecule has 0 bridgehead atoms. The molecule has 0 N–H and O–H groups in total. The van der Waals surface area contributed by atoms with Gasteiger partial charge in [0.15, 0.2) is 0 Å². The Morgan fingerprint density at radius 3 is 1.45 bits per heavy atom. The van der Waals surface area contributed by atoms with Gasteiger partial charge in [-0.3, -0.25) is 9.59 Å². The Bertz CT molecular complexity index is 1910. The molecule has 7 rings (SSSR count). The third-order valence-corrected chi connectivity index (χ3v) is 13.5. The van der Waals surface area contributed by atoms with Gasteiger partial charge in [-0.25, -0.2) is 16.8 Å². The molecular formula is C33H32F3N3O6S2. The van der Waals surface area contributed by atoms with Crippen molar-refractivity contribution in [2.75, 3.05) is 13.5 Å². The molecule has 2 amide bonds. The highest BCUT2D eigenvalue weighted by atomic mass is 32.3. The Balaban J connectivity index is 1.31. The summed E-state index contributed by atoms with van der Waals surface area (Å²) in [4.78, 5) is 28.4. The first-order valence-corrected chi connectivity index (χ1v) is 18.4. The molecule has 2 saturated carbocycles. The van der Waals surface area contributed by atoms with E-state index < -0.39 is 37.5 Å². The minimum absolute atomic E-state index is 0.0378. The number of alkyl halides is 3. The van der Waals surface area contributed by atoms with Crippen LogP contribution >= 0.6 is 0 Å². The Kier molecular flexibility index (Phi) is 7.28. The molecule has 2 aliphatic heterocycles. The van der Waals surface area contributed by atoms with Crippen molar-refractivity contribution in [3.05, 3.63) is 77.4 Å². The number of benzene rings is 3. The number of rotatable bonds is 7. The molecule has 0 saturated heterocycles. The number of fused-ring (bicyclic) bond motifs is 2. The summed E-state index contributed by atoms with van der Waals surface area (Å²) < 4.78 is 97.8. The van der Waals surface area contributed by atoms with E-state index in [0.717, 1.165) is 37.8 Å². The molecule has 9 nitrogen and oxygen atoms in total. The molecule has 248 valence electrons. The molecule has 2 fully saturated rings. The zero-order valence-electron chi connectivity index (χ0n) is 25.6. The minimum atomic E-state index is -4.94. The lowest BCUT2D eigenvalue weighted by Crippen LogP contribution is -2.37. The van der Waals surface area contributed by atoms with Crippen LogP contribution in [-0.2, 0) is 48.7 Å². The monoisotopic (exact) mass is 687 g/mol. The second kappa shape index (κ2) is 10.8. The van der Waals surface area contributed by atoms with E-state index in [0.29, 0.717) is 47.5 Å². The lowest BCUT2D eigenvalue weighted by Gasteiger charge is -2.26. The number of hydrogen-bond donors (Lipinski definition) is 0. The van der Waals surface area contributed by atoms with Crippen LogP contribution in [0.1, 0.15) is 56.2 Å². The van der Waals surface area contributed by atoms with Crippen LogP contribution in [0.15, 0.2) is 70.5 Å². The molecule has 2 atom stereocenters. The minimum Gasteiger partial charge on any atom is -0.309 e. The lowest BCUT2D eigenvalue weighted by atomic mass is 10.1. The summed E-state index contributed by atoms with van der Waals surface area (Å²) >= 11 is 0. The molecule has 0 aromatic heterocycles. The Morgan fingerprint density at radius 2 is 1.09 bits per heavy atom. The van der Waals surface area contributed by atoms with Crippen LogP contribution in [0.25, 0.3) is 0 Å². The van der Waals surface area contributed by atoms with Crippen molar-refractivity contribution in [3.63, 3.8) is 0 Å². The number of sulfonamides is 2. The lowest BCUT2D eigenvalue weighted by molar-refractivity contribution is -0.137. The molecule has 4 aliphatic rings. The fraction of sp³-hybridized carbons (Fsp3) is 0.394. The van der Waals surface area contributed by atoms with E-state index in [-0.39, 0.29) is 49.2 Å². The van der Waals surface area contributed by atoms with Crippen molar-refractivity contribution < 1.29 is 39.6 Å². The first-order chi connectivity index (χ1) is 22.1. The van der Waals surface area contributed by atoms with E-state index in [2.05, 4.69) is 0 Å². The van der Waals surface area contributed by atoms with Crippen LogP contribution in [0.5, 0.6) is 0 Å². The molecule has 0 spiro atoms. The van der Waals surface area contributed by atoms with Gasteiger partial charge >= 0.3 is 6.18 Å². The summed E-state index contributed by atoms with van der Waals surface area (Å²) in [5.41, 5.74) is 0.617. The van der Waals surface area contributed by atoms with Crippen molar-refractivity contribution in [2.24, 2.45) is 11.8 Å². The Morgan fingerprint density at radius 1 is 0.681 bits per heavy atom. The zero-order chi connectivity index (χ0) is 33.6. The molecule has 0 radical (unpaired) electrons. The van der Waals surface area contributed by atoms with Gasteiger partial charge in [0.05, 0.1) is 21.0 Å². The molecule has 2 unspecified atom stereocenters. The van der Waals surface area contributed by atoms with Gasteiger partial charge in [-0.15, -0.1) is 0 Å². The predicted octanol–water partition coefficient (Wildman–Crippen LogP) is 5.66. The van der Waals surface area contributed by atoms with Crippen LogP contribution in [0.3, 0.4) is 0 Å². The summed E-state index contributed by atoms with van der Waals surface area (Å²) in [6.45, 7) is 3.70. The van der Waals surface area contributed by atoms with Crippen molar-refractivity contribution in [1.29, 1.82) is 0 Å². The van der Waals surface area contributed by atoms with Gasteiger partial charge in [-0.1, -0.05) is 0 Å². The number of nitrogens with zero attached hydrogens (tertiary/aromatic N) is 3. The van der Waals surface area contributed by atoms with Crippen molar-refractivity contribution in [2.45, 2.75) is 80.4 Å². The highest BCUT2D eigenvalue weighted by molar-refractivity contribution is 8.10. The largest absolute Gasteiger partial charge is 0.416 e. The van der Waals surface area contributed by atoms with Crippen molar-refractivity contribution in [3.8, 4) is 0 Å². The highest BCUT2D eigenvalue weighted by Gasteiger charge is 2.44. The van der Waals surface area contributed by atoms with Crippen LogP contribution in [0.4, 0.5) is 30.2 Å². The summed E-state index contributed by atoms with van der Waals surface area (Å²) in [6.07, 6.45) is -0.865. The van der Waals surface area contributed by atoms with E-state index in [1.807, 2.05) is 13.8 Å². The number of hydrogen-bond acceptors (Lipinski definition) is 6. The van der Waals surface area contributed by atoms with Crippen LogP contribution in [0, 0.1) is 11.8 Å². The van der Waals surface area contributed by atoms with Crippen molar-refractivity contribution >= 4 is 48.9 Å². The summed E-state index contributed by atoms with van der Waals surface area (Å²) in [5.74, 6) is -0.212. The Labute approximate surface area is 271 Å². The quantitative estimate of drug-likeness (QED) is 0.317. The van der Waals surface area contributed by atoms with Gasteiger partial charge in [0.25, 0.3) is 20.0 Å². The number of amides is 2. The van der Waals surface area contributed by atoms with Gasteiger partial charge in [-0.05, 0) is 124 Å². The molecule has 2 aliphatic carbocycles. The van der Waals surface area contributed by atoms with E-state index in [4.69, 9.17) is 0 Å². The second-order valence-corrected chi connectivity index (χ2v) is 16.7. The number of carbonyl (C=O) groups excluding carboxylic acids is 2. The maximum absolute atomic E-state index is 14.3. The number of halogens is 3. The number of anilines is 3. The van der Waals surface area contributed by atoms with Gasteiger partial charge in [0.2, 0.25) is 11.8 Å². The van der Waals surface area contributed by atoms with E-state index in [1.165, 1.54) is 36.4 Å². The average molecular weight is 688 g/mol. The standard InChI is InChI=1S/C33H32F3N3O6S2/c1-19-15-23-17-27(11-13-29(23)37(19)31(40)21-3-4-21)46(42,43)39(26-9-7-25(8-10-26)33(34,35)36)47(44,45)28-12-14-30-24(18-28)16-20(2)38(30)32(41)22-5-6-22/h7-14,17-22H,3-6,15-16H2,1-2H3. The molecule has 3 aromatic rings. The van der Waals surface area contributed by atoms with Gasteiger partial charge < -0.3 is 9.80 Å². The maximum atomic E-state index is 14.3. The zero-order valence-corrected chi connectivity index (χ0v) is 27.2. The summed E-state index contributed by atoms with van der Waals surface area (Å²) in [5, 5.41) is 0. The van der Waals surface area contributed by atoms with E-state index in [9.17, 15) is 39.6 Å². The highest BCUT2D eigenvalue weighted by Crippen LogP contribution is 2.43. The SMILES string of the molecule is CC1Cc2cc(S(=O)(=O)N(c3ccc(C(F)(F)F)cc3)S(=O)(=O)c3ccc4c(c3)CC(C)N4C(=O)C3CC3)ccc2N1C(=O)C1CC1. The maximum Gasteiger partial charge on any atom is 0.416 e. The predicted molar refractivity (Wildman–Crippen MR) is 168 cm³/mol. The first kappa shape index (κ1) is 31.7. The second-order valence-electron chi connectivity index (χ2n) is 12.9. The Hall–Kier alpha value is -3.91. The fourth-order valence-electron chi connectivity index (χ4n) is 6.63. The molecule has 3 aromatic carbocycles. The molecular weight excluding hydrogens is 656 g/mol. The molecule has 47 heavy (non-hydrogen) atoms. The van der Waals surface area contributed by atoms with Crippen LogP contribution in [-0.4, -0.2) is 40.7 Å². The smallest absolute Gasteiger partial charge is 0.309 e. The van der Waals surface area contributed by atoms with Gasteiger partial charge in [0, 0.05) is 35.3 Å². The first-order valence-electron chi connectivity index (χ1n) is 15.5.